The molecule has 0 spiro atoms. The molecule has 1 aromatic heterocycles. The Morgan fingerprint density at radius 2 is 1.78 bits per heavy atom. The van der Waals surface area contributed by atoms with E-state index in [9.17, 15) is 19.2 Å². The average molecular weight is 517 g/mol. The van der Waals surface area contributed by atoms with Gasteiger partial charge in [-0.25, -0.2) is 0 Å². The molecule has 0 unspecified atom stereocenters. The summed E-state index contributed by atoms with van der Waals surface area (Å²) in [6.07, 6.45) is 2.47. The van der Waals surface area contributed by atoms with E-state index in [0.717, 1.165) is 46.4 Å². The van der Waals surface area contributed by atoms with Crippen molar-refractivity contribution in [1.82, 2.24) is 14.7 Å². The summed E-state index contributed by atoms with van der Waals surface area (Å²) in [6, 6.07) is 15.5. The van der Waals surface area contributed by atoms with E-state index in [1.165, 1.54) is 4.90 Å². The zero-order valence-electron chi connectivity index (χ0n) is 20.5. The monoisotopic (exact) mass is 516 g/mol. The number of piperazine rings is 1. The van der Waals surface area contributed by atoms with Crippen molar-refractivity contribution >= 4 is 51.2 Å². The molecule has 3 aliphatic rings. The number of benzene rings is 2. The van der Waals surface area contributed by atoms with Gasteiger partial charge in [0.25, 0.3) is 11.8 Å². The first-order valence-corrected chi connectivity index (χ1v) is 13.5. The van der Waals surface area contributed by atoms with Crippen molar-refractivity contribution in [3.05, 3.63) is 64.5 Å². The Hall–Kier alpha value is -3.72. The molecule has 3 aromatic rings. The fraction of sp³-hybridized carbons (Fsp3) is 0.357. The Kier molecular flexibility index (Phi) is 6.16. The van der Waals surface area contributed by atoms with Crippen molar-refractivity contribution in [1.29, 1.82) is 0 Å². The van der Waals surface area contributed by atoms with Crippen molar-refractivity contribution in [2.24, 2.45) is 5.92 Å². The lowest BCUT2D eigenvalue weighted by molar-refractivity contribution is -0.139. The number of nitrogens with zero attached hydrogens (tertiary/aromatic N) is 4. The molecule has 2 saturated heterocycles. The lowest BCUT2D eigenvalue weighted by Gasteiger charge is -2.39. The minimum atomic E-state index is -0.272. The van der Waals surface area contributed by atoms with E-state index >= 15 is 0 Å². The molecule has 8 nitrogen and oxygen atoms in total. The summed E-state index contributed by atoms with van der Waals surface area (Å²) in [5.74, 6) is -0.602. The molecule has 0 aliphatic carbocycles. The highest BCUT2D eigenvalue weighted by atomic mass is 32.1. The third-order valence-electron chi connectivity index (χ3n) is 7.65. The third-order valence-corrected chi connectivity index (χ3v) is 8.75. The summed E-state index contributed by atoms with van der Waals surface area (Å²) in [5.41, 5.74) is 1.61. The van der Waals surface area contributed by atoms with Crippen LogP contribution in [0.15, 0.2) is 48.5 Å². The van der Waals surface area contributed by atoms with E-state index in [1.54, 1.807) is 22.3 Å². The largest absolute Gasteiger partial charge is 0.370 e. The number of fused-ring (bicyclic) bond motifs is 2. The molecule has 4 amide bonds. The Morgan fingerprint density at radius 1 is 0.973 bits per heavy atom. The van der Waals surface area contributed by atoms with Gasteiger partial charge in [-0.05, 0) is 42.5 Å². The van der Waals surface area contributed by atoms with Gasteiger partial charge >= 0.3 is 0 Å². The van der Waals surface area contributed by atoms with Crippen LogP contribution in [0.25, 0.3) is 10.1 Å². The van der Waals surface area contributed by atoms with Gasteiger partial charge in [0, 0.05) is 48.8 Å². The van der Waals surface area contributed by atoms with Crippen LogP contribution in [0.4, 0.5) is 5.69 Å². The molecule has 3 aliphatic heterocycles. The second-order valence-corrected chi connectivity index (χ2v) is 11.1. The van der Waals surface area contributed by atoms with E-state index in [0.29, 0.717) is 43.9 Å². The predicted octanol–water partition coefficient (Wildman–Crippen LogP) is 3.21. The number of rotatable bonds is 5. The van der Waals surface area contributed by atoms with Crippen molar-refractivity contribution in [3.63, 3.8) is 0 Å². The van der Waals surface area contributed by atoms with Crippen LogP contribution < -0.4 is 4.90 Å². The van der Waals surface area contributed by atoms with Crippen molar-refractivity contribution in [3.8, 4) is 0 Å². The van der Waals surface area contributed by atoms with Gasteiger partial charge in [-0.15, -0.1) is 11.3 Å². The summed E-state index contributed by atoms with van der Waals surface area (Å²) < 4.78 is 1.13. The molecule has 2 aromatic carbocycles. The Labute approximate surface area is 219 Å². The zero-order chi connectivity index (χ0) is 25.5. The number of carbonyl (C=O) groups excluding carboxylic acids is 4. The number of anilines is 1. The number of carbonyl (C=O) groups is 4. The Balaban J connectivity index is 1.21. The van der Waals surface area contributed by atoms with E-state index in [-0.39, 0.29) is 30.2 Å². The minimum absolute atomic E-state index is 0.108. The van der Waals surface area contributed by atoms with E-state index in [4.69, 9.17) is 0 Å². The molecule has 0 N–H and O–H groups in total. The van der Waals surface area contributed by atoms with Gasteiger partial charge in [-0.2, -0.15) is 0 Å². The lowest BCUT2D eigenvalue weighted by Crippen LogP contribution is -2.52. The Morgan fingerprint density at radius 3 is 2.57 bits per heavy atom. The SMILES string of the molecule is O=CN1CCN(C(=O)[C@H]2CCCN(c3cccc4c3C(=O)N(Cc3cc5ccccc5s3)C4=O)C2)CC1. The van der Waals surface area contributed by atoms with Gasteiger partial charge < -0.3 is 14.7 Å². The van der Waals surface area contributed by atoms with Crippen molar-refractivity contribution in [2.45, 2.75) is 19.4 Å². The van der Waals surface area contributed by atoms with Crippen molar-refractivity contribution < 1.29 is 19.2 Å². The second kappa shape index (κ2) is 9.63. The normalized spacial score (nSPS) is 20.1. The summed E-state index contributed by atoms with van der Waals surface area (Å²) >= 11 is 1.60. The molecule has 9 heteroatoms. The first-order valence-electron chi connectivity index (χ1n) is 12.7. The molecule has 0 bridgehead atoms. The first-order chi connectivity index (χ1) is 18.0. The van der Waals surface area contributed by atoms with Crippen molar-refractivity contribution in [2.75, 3.05) is 44.2 Å². The quantitative estimate of drug-likeness (QED) is 0.384. The average Bonchev–Trinajstić information content (AvgIpc) is 3.47. The number of piperidine rings is 1. The predicted molar refractivity (Wildman–Crippen MR) is 142 cm³/mol. The van der Waals surface area contributed by atoms with Gasteiger partial charge in [0.15, 0.2) is 0 Å². The highest BCUT2D eigenvalue weighted by Crippen LogP contribution is 2.36. The summed E-state index contributed by atoms with van der Waals surface area (Å²) in [5, 5.41) is 1.11. The third kappa shape index (κ3) is 4.27. The van der Waals surface area contributed by atoms with E-state index in [1.807, 2.05) is 47.4 Å². The van der Waals surface area contributed by atoms with E-state index in [2.05, 4.69) is 4.90 Å². The molecule has 0 saturated carbocycles. The van der Waals surface area contributed by atoms with Gasteiger partial charge in [0.1, 0.15) is 0 Å². The van der Waals surface area contributed by atoms with Gasteiger partial charge in [0.05, 0.1) is 29.3 Å². The van der Waals surface area contributed by atoms with Crippen LogP contribution in [0.2, 0.25) is 0 Å². The van der Waals surface area contributed by atoms with Crippen LogP contribution in [-0.2, 0) is 16.1 Å². The van der Waals surface area contributed by atoms with Crippen LogP contribution in [-0.4, -0.2) is 78.1 Å². The second-order valence-electron chi connectivity index (χ2n) is 9.90. The van der Waals surface area contributed by atoms with Crippen LogP contribution in [0.5, 0.6) is 0 Å². The smallest absolute Gasteiger partial charge is 0.264 e. The maximum Gasteiger partial charge on any atom is 0.264 e. The maximum absolute atomic E-state index is 13.6. The van der Waals surface area contributed by atoms with Crippen LogP contribution in [0.1, 0.15) is 38.4 Å². The fourth-order valence-corrected chi connectivity index (χ4v) is 6.75. The number of hydrogen-bond acceptors (Lipinski definition) is 6. The Bertz CT molecular complexity index is 1360. The number of hydrogen-bond donors (Lipinski definition) is 0. The molecular weight excluding hydrogens is 488 g/mol. The summed E-state index contributed by atoms with van der Waals surface area (Å²) in [6.45, 7) is 3.72. The van der Waals surface area contributed by atoms with E-state index < -0.39 is 0 Å². The fourth-order valence-electron chi connectivity index (χ4n) is 5.70. The maximum atomic E-state index is 13.6. The standard InChI is InChI=1S/C28H28N4O4S/c33-18-29-11-13-30(14-12-29)26(34)20-6-4-10-31(16-20)23-8-3-7-22-25(23)28(36)32(27(22)35)17-21-15-19-5-1-2-9-24(19)37-21/h1-3,5,7-9,15,18,20H,4,6,10-14,16-17H2/t20-/m0/s1. The zero-order valence-corrected chi connectivity index (χ0v) is 21.3. The topological polar surface area (TPSA) is 81.2 Å². The van der Waals surface area contributed by atoms with Crippen LogP contribution in [0.3, 0.4) is 0 Å². The molecule has 0 radical (unpaired) electrons. The molecule has 6 rings (SSSR count). The molecule has 1 atom stereocenters. The molecule has 2 fully saturated rings. The molecule has 4 heterocycles. The molecular formula is C28H28N4O4S. The number of thiophene rings is 1. The van der Waals surface area contributed by atoms with Gasteiger partial charge in [-0.3, -0.25) is 24.1 Å². The van der Waals surface area contributed by atoms with Crippen LogP contribution >= 0.6 is 11.3 Å². The highest BCUT2D eigenvalue weighted by Gasteiger charge is 2.40. The first kappa shape index (κ1) is 23.7. The molecule has 37 heavy (non-hydrogen) atoms. The molecule has 190 valence electrons. The summed E-state index contributed by atoms with van der Waals surface area (Å²) in [4.78, 5) is 59.1. The minimum Gasteiger partial charge on any atom is -0.370 e. The lowest BCUT2D eigenvalue weighted by atomic mass is 9.94. The summed E-state index contributed by atoms with van der Waals surface area (Å²) in [7, 11) is 0. The highest BCUT2D eigenvalue weighted by molar-refractivity contribution is 7.19. The number of imide groups is 1. The number of amides is 4. The van der Waals surface area contributed by atoms with Gasteiger partial charge in [0.2, 0.25) is 12.3 Å². The van der Waals surface area contributed by atoms with Gasteiger partial charge in [-0.1, -0.05) is 24.3 Å². The van der Waals surface area contributed by atoms with Crippen LogP contribution in [0, 0.1) is 5.92 Å².